The monoisotopic (exact) mass is 439 g/mol. The zero-order valence-corrected chi connectivity index (χ0v) is 18.7. The van der Waals surface area contributed by atoms with Crippen LogP contribution in [0.1, 0.15) is 51.4 Å². The maximum atomic E-state index is 14.5. The van der Waals surface area contributed by atoms with Gasteiger partial charge >= 0.3 is 5.97 Å². The molecule has 0 unspecified atom stereocenters. The van der Waals surface area contributed by atoms with Crippen molar-refractivity contribution >= 4 is 29.6 Å². The molecule has 0 aromatic heterocycles. The third-order valence-corrected chi connectivity index (χ3v) is 10.4. The van der Waals surface area contributed by atoms with Crippen LogP contribution in [0.2, 0.25) is 0 Å². The van der Waals surface area contributed by atoms with Crippen molar-refractivity contribution in [2.24, 2.45) is 0 Å². The molecule has 2 saturated carbocycles. The van der Waals surface area contributed by atoms with E-state index in [1.807, 2.05) is 60.7 Å². The first-order valence-corrected chi connectivity index (χ1v) is 12.9. The fourth-order valence-electron chi connectivity index (χ4n) is 4.64. The van der Waals surface area contributed by atoms with Gasteiger partial charge in [-0.3, -0.25) is 9.59 Å². The van der Waals surface area contributed by atoms with Gasteiger partial charge in [0.05, 0.1) is 0 Å². The molecular formula is C25H30NO4P. The predicted octanol–water partition coefficient (Wildman–Crippen LogP) is 3.92. The summed E-state index contributed by atoms with van der Waals surface area (Å²) >= 11 is 0. The zero-order valence-electron chi connectivity index (χ0n) is 17.8. The molecule has 1 amide bonds. The number of benzene rings is 2. The molecule has 0 heterocycles. The number of nitrogens with one attached hydrogen (secondary N) is 1. The minimum absolute atomic E-state index is 0.156. The minimum Gasteiger partial charge on any atom is -0.455 e. The molecule has 31 heavy (non-hydrogen) atoms. The molecular weight excluding hydrogens is 409 g/mol. The minimum atomic E-state index is -3.28. The molecule has 0 atom stereocenters. The van der Waals surface area contributed by atoms with Gasteiger partial charge in [0.25, 0.3) is 5.91 Å². The van der Waals surface area contributed by atoms with Crippen LogP contribution in [0.15, 0.2) is 60.7 Å². The second kappa shape index (κ2) is 9.40. The SMILES string of the molecule is O=C(COC(=O)C1(P(=O)(c2ccccc2)c2ccccc2)CC1)NC1CCCCCC1. The van der Waals surface area contributed by atoms with E-state index < -0.39 is 18.3 Å². The van der Waals surface area contributed by atoms with E-state index in [0.717, 1.165) is 25.7 Å². The van der Waals surface area contributed by atoms with Crippen molar-refractivity contribution in [2.75, 3.05) is 6.61 Å². The van der Waals surface area contributed by atoms with Crippen LogP contribution in [0.4, 0.5) is 0 Å². The van der Waals surface area contributed by atoms with Gasteiger partial charge in [0.2, 0.25) is 0 Å². The molecule has 2 aliphatic carbocycles. The van der Waals surface area contributed by atoms with E-state index in [1.165, 1.54) is 12.8 Å². The normalized spacial score (nSPS) is 18.6. The highest BCUT2D eigenvalue weighted by atomic mass is 31.2. The highest BCUT2D eigenvalue weighted by Crippen LogP contribution is 2.68. The van der Waals surface area contributed by atoms with Crippen LogP contribution in [0, 0.1) is 0 Å². The van der Waals surface area contributed by atoms with Gasteiger partial charge in [-0.15, -0.1) is 0 Å². The molecule has 0 radical (unpaired) electrons. The molecule has 0 saturated heterocycles. The summed E-state index contributed by atoms with van der Waals surface area (Å²) in [5.74, 6) is -0.801. The maximum Gasteiger partial charge on any atom is 0.320 e. The van der Waals surface area contributed by atoms with E-state index in [4.69, 9.17) is 4.74 Å². The third-order valence-electron chi connectivity index (χ3n) is 6.50. The first kappa shape index (κ1) is 21.8. The van der Waals surface area contributed by atoms with E-state index in [-0.39, 0.29) is 18.6 Å². The summed E-state index contributed by atoms with van der Waals surface area (Å²) in [7, 11) is -3.28. The molecule has 2 aromatic rings. The largest absolute Gasteiger partial charge is 0.455 e. The number of esters is 1. The Morgan fingerprint density at radius 3 is 1.87 bits per heavy atom. The van der Waals surface area contributed by atoms with E-state index in [0.29, 0.717) is 23.5 Å². The summed E-state index contributed by atoms with van der Waals surface area (Å²) in [4.78, 5) is 25.6. The Morgan fingerprint density at radius 2 is 1.39 bits per heavy atom. The summed E-state index contributed by atoms with van der Waals surface area (Å²) in [6, 6.07) is 18.5. The van der Waals surface area contributed by atoms with Crippen LogP contribution in [-0.4, -0.2) is 29.7 Å². The smallest absolute Gasteiger partial charge is 0.320 e. The Hall–Kier alpha value is -2.39. The van der Waals surface area contributed by atoms with Crippen LogP contribution in [-0.2, 0) is 18.9 Å². The molecule has 5 nitrogen and oxygen atoms in total. The van der Waals surface area contributed by atoms with Crippen molar-refractivity contribution in [3.05, 3.63) is 60.7 Å². The second-order valence-corrected chi connectivity index (χ2v) is 11.8. The third kappa shape index (κ3) is 4.48. The lowest BCUT2D eigenvalue weighted by atomic mass is 10.1. The molecule has 2 aliphatic rings. The molecule has 0 aliphatic heterocycles. The summed E-state index contributed by atoms with van der Waals surface area (Å²) in [5, 5.41) is 3.22. The molecule has 2 fully saturated rings. The van der Waals surface area contributed by atoms with Gasteiger partial charge in [-0.25, -0.2) is 0 Å². The van der Waals surface area contributed by atoms with E-state index in [1.54, 1.807) is 0 Å². The van der Waals surface area contributed by atoms with Gasteiger partial charge in [-0.1, -0.05) is 86.3 Å². The van der Waals surface area contributed by atoms with Gasteiger partial charge in [0.1, 0.15) is 5.16 Å². The fraction of sp³-hybridized carbons (Fsp3) is 0.440. The topological polar surface area (TPSA) is 72.5 Å². The average molecular weight is 439 g/mol. The number of ether oxygens (including phenoxy) is 1. The van der Waals surface area contributed by atoms with Crippen LogP contribution in [0.3, 0.4) is 0 Å². The van der Waals surface area contributed by atoms with Gasteiger partial charge in [-0.05, 0) is 25.7 Å². The second-order valence-electron chi connectivity index (χ2n) is 8.64. The van der Waals surface area contributed by atoms with Crippen molar-refractivity contribution in [1.29, 1.82) is 0 Å². The Balaban J connectivity index is 1.50. The summed E-state index contributed by atoms with van der Waals surface area (Å²) < 4.78 is 20.0. The number of hydrogen-bond acceptors (Lipinski definition) is 4. The van der Waals surface area contributed by atoms with Gasteiger partial charge in [0.15, 0.2) is 13.7 Å². The van der Waals surface area contributed by atoms with Crippen molar-refractivity contribution in [3.63, 3.8) is 0 Å². The molecule has 1 N–H and O–H groups in total. The van der Waals surface area contributed by atoms with Crippen molar-refractivity contribution in [1.82, 2.24) is 5.32 Å². The molecule has 4 rings (SSSR count). The highest BCUT2D eigenvalue weighted by Gasteiger charge is 2.65. The van der Waals surface area contributed by atoms with E-state index in [9.17, 15) is 14.2 Å². The van der Waals surface area contributed by atoms with Crippen LogP contribution < -0.4 is 15.9 Å². The van der Waals surface area contributed by atoms with Crippen LogP contribution in [0.25, 0.3) is 0 Å². The van der Waals surface area contributed by atoms with Crippen LogP contribution >= 0.6 is 7.14 Å². The summed E-state index contributed by atoms with van der Waals surface area (Å²) in [5.41, 5.74) is 0. The van der Waals surface area contributed by atoms with Gasteiger partial charge in [0, 0.05) is 16.7 Å². The Bertz CT molecular complexity index is 905. The summed E-state index contributed by atoms with van der Waals surface area (Å²) in [6.07, 6.45) is 7.59. The average Bonchev–Trinajstić information content (AvgIpc) is 3.64. The number of hydrogen-bond donors (Lipinski definition) is 1. The quantitative estimate of drug-likeness (QED) is 0.403. The molecule has 0 bridgehead atoms. The van der Waals surface area contributed by atoms with Crippen molar-refractivity contribution in [2.45, 2.75) is 62.6 Å². The molecule has 6 heteroatoms. The van der Waals surface area contributed by atoms with Gasteiger partial charge < -0.3 is 14.6 Å². The zero-order chi connectivity index (χ0) is 21.7. The van der Waals surface area contributed by atoms with Crippen LogP contribution in [0.5, 0.6) is 0 Å². The highest BCUT2D eigenvalue weighted by molar-refractivity contribution is 7.81. The molecule has 164 valence electrons. The Labute approximate surface area is 183 Å². The van der Waals surface area contributed by atoms with E-state index >= 15 is 0 Å². The lowest BCUT2D eigenvalue weighted by molar-refractivity contribution is -0.149. The molecule has 2 aromatic carbocycles. The fourth-order valence-corrected chi connectivity index (χ4v) is 8.18. The Morgan fingerprint density at radius 1 is 0.871 bits per heavy atom. The van der Waals surface area contributed by atoms with Gasteiger partial charge in [-0.2, -0.15) is 0 Å². The predicted molar refractivity (Wildman–Crippen MR) is 122 cm³/mol. The number of carbonyl (C=O) groups excluding carboxylic acids is 2. The Kier molecular flexibility index (Phi) is 6.62. The first-order chi connectivity index (χ1) is 15.1. The number of rotatable bonds is 7. The molecule has 0 spiro atoms. The summed E-state index contributed by atoms with van der Waals surface area (Å²) in [6.45, 7) is -0.319. The standard InChI is InChI=1S/C25H30NO4P/c27-23(26-20-11-5-1-2-6-12-20)19-30-24(28)25(17-18-25)31(29,21-13-7-3-8-14-21)22-15-9-4-10-16-22/h3-4,7-10,13-16,20H,1-2,5-6,11-12,17-19H2,(H,26,27). The van der Waals surface area contributed by atoms with E-state index in [2.05, 4.69) is 5.32 Å². The van der Waals surface area contributed by atoms with Crippen molar-refractivity contribution < 1.29 is 18.9 Å². The lowest BCUT2D eigenvalue weighted by Crippen LogP contribution is -2.40. The maximum absolute atomic E-state index is 14.5. The number of amides is 1. The van der Waals surface area contributed by atoms with Crippen molar-refractivity contribution in [3.8, 4) is 0 Å². The first-order valence-electron chi connectivity index (χ1n) is 11.2. The number of carbonyl (C=O) groups is 2. The lowest BCUT2D eigenvalue weighted by Gasteiger charge is -2.27.